The van der Waals surface area contributed by atoms with Gasteiger partial charge in [0.1, 0.15) is 0 Å². The Hall–Kier alpha value is -0.910. The average Bonchev–Trinajstić information content (AvgIpc) is 2.38. The summed E-state index contributed by atoms with van der Waals surface area (Å²) in [7, 11) is -3.22. The molecule has 0 bridgehead atoms. The first kappa shape index (κ1) is 13.5. The van der Waals surface area contributed by atoms with Crippen LogP contribution in [-0.4, -0.2) is 28.2 Å². The van der Waals surface area contributed by atoms with Gasteiger partial charge >= 0.3 is 0 Å². The Morgan fingerprint density at radius 2 is 1.83 bits per heavy atom. The van der Waals surface area contributed by atoms with Crippen LogP contribution in [0.3, 0.4) is 0 Å². The lowest BCUT2D eigenvalue weighted by atomic mass is 10.0. The highest BCUT2D eigenvalue weighted by atomic mass is 32.2. The van der Waals surface area contributed by atoms with E-state index in [4.69, 9.17) is 4.74 Å². The summed E-state index contributed by atoms with van der Waals surface area (Å²) in [6, 6.07) is 9.24. The van der Waals surface area contributed by atoms with E-state index >= 15 is 0 Å². The van der Waals surface area contributed by atoms with Crippen LogP contribution in [0.15, 0.2) is 30.3 Å². The molecule has 100 valence electrons. The Morgan fingerprint density at radius 1 is 1.17 bits per heavy atom. The van der Waals surface area contributed by atoms with E-state index in [0.29, 0.717) is 12.5 Å². The third kappa shape index (κ3) is 4.40. The van der Waals surface area contributed by atoms with Crippen LogP contribution < -0.4 is 4.72 Å². The highest BCUT2D eigenvalue weighted by molar-refractivity contribution is 7.88. The van der Waals surface area contributed by atoms with Gasteiger partial charge in [-0.05, 0) is 24.3 Å². The molecule has 5 heteroatoms. The van der Waals surface area contributed by atoms with Crippen molar-refractivity contribution in [1.82, 2.24) is 4.72 Å². The summed E-state index contributed by atoms with van der Waals surface area (Å²) in [5.41, 5.74) is 0.817. The first-order valence-corrected chi connectivity index (χ1v) is 7.90. The summed E-state index contributed by atoms with van der Waals surface area (Å²) < 4.78 is 31.7. The SMILES string of the molecule is O=S(=O)(Cc1ccccc1)NCC1CCOCC1. The van der Waals surface area contributed by atoms with Gasteiger partial charge in [-0.1, -0.05) is 30.3 Å². The van der Waals surface area contributed by atoms with Gasteiger partial charge in [-0.3, -0.25) is 0 Å². The molecular formula is C13H19NO3S. The number of rotatable bonds is 5. The topological polar surface area (TPSA) is 55.4 Å². The highest BCUT2D eigenvalue weighted by Gasteiger charge is 2.17. The third-order valence-electron chi connectivity index (χ3n) is 3.13. The number of sulfonamides is 1. The van der Waals surface area contributed by atoms with Gasteiger partial charge in [-0.15, -0.1) is 0 Å². The molecule has 1 fully saturated rings. The van der Waals surface area contributed by atoms with E-state index in [1.54, 1.807) is 0 Å². The molecule has 0 aliphatic carbocycles. The lowest BCUT2D eigenvalue weighted by molar-refractivity contribution is 0.0678. The molecule has 0 amide bonds. The van der Waals surface area contributed by atoms with Gasteiger partial charge in [-0.2, -0.15) is 0 Å². The van der Waals surface area contributed by atoms with E-state index < -0.39 is 10.0 Å². The number of nitrogens with one attached hydrogen (secondary N) is 1. The van der Waals surface area contributed by atoms with Gasteiger partial charge in [0.2, 0.25) is 10.0 Å². The minimum absolute atomic E-state index is 0.0526. The minimum Gasteiger partial charge on any atom is -0.381 e. The van der Waals surface area contributed by atoms with Gasteiger partial charge in [0.15, 0.2) is 0 Å². The molecule has 0 saturated carbocycles. The summed E-state index contributed by atoms with van der Waals surface area (Å²) in [5, 5.41) is 0. The van der Waals surface area contributed by atoms with Crippen LogP contribution >= 0.6 is 0 Å². The lowest BCUT2D eigenvalue weighted by Crippen LogP contribution is -2.32. The molecule has 18 heavy (non-hydrogen) atoms. The molecule has 0 spiro atoms. The van der Waals surface area contributed by atoms with Gasteiger partial charge in [-0.25, -0.2) is 13.1 Å². The predicted octanol–water partition coefficient (Wildman–Crippen LogP) is 1.53. The molecule has 0 unspecified atom stereocenters. The van der Waals surface area contributed by atoms with Crippen LogP contribution in [-0.2, 0) is 20.5 Å². The van der Waals surface area contributed by atoms with Crippen molar-refractivity contribution in [1.29, 1.82) is 0 Å². The smallest absolute Gasteiger partial charge is 0.215 e. The van der Waals surface area contributed by atoms with Gasteiger partial charge in [0.05, 0.1) is 5.75 Å². The largest absolute Gasteiger partial charge is 0.381 e. The molecule has 4 nitrogen and oxygen atoms in total. The zero-order chi connectivity index (χ0) is 12.8. The molecule has 1 aromatic carbocycles. The fourth-order valence-corrected chi connectivity index (χ4v) is 3.26. The van der Waals surface area contributed by atoms with Crippen molar-refractivity contribution < 1.29 is 13.2 Å². The molecular weight excluding hydrogens is 250 g/mol. The number of hydrogen-bond donors (Lipinski definition) is 1. The number of ether oxygens (including phenoxy) is 1. The van der Waals surface area contributed by atoms with E-state index in [2.05, 4.69) is 4.72 Å². The Kier molecular flexibility index (Phi) is 4.74. The second-order valence-electron chi connectivity index (χ2n) is 4.65. The minimum atomic E-state index is -3.22. The zero-order valence-corrected chi connectivity index (χ0v) is 11.2. The summed E-state index contributed by atoms with van der Waals surface area (Å²) in [5.74, 6) is 0.459. The number of benzene rings is 1. The molecule has 0 aromatic heterocycles. The molecule has 2 rings (SSSR count). The fraction of sp³-hybridized carbons (Fsp3) is 0.538. The summed E-state index contributed by atoms with van der Waals surface area (Å²) in [6.45, 7) is 2.01. The Morgan fingerprint density at radius 3 is 2.50 bits per heavy atom. The van der Waals surface area contributed by atoms with Crippen molar-refractivity contribution in [2.75, 3.05) is 19.8 Å². The standard InChI is InChI=1S/C13H19NO3S/c15-18(16,11-13-4-2-1-3-5-13)14-10-12-6-8-17-9-7-12/h1-5,12,14H,6-11H2. The normalized spacial score (nSPS) is 17.8. The maximum Gasteiger partial charge on any atom is 0.215 e. The fourth-order valence-electron chi connectivity index (χ4n) is 2.04. The van der Waals surface area contributed by atoms with Gasteiger partial charge in [0.25, 0.3) is 0 Å². The zero-order valence-electron chi connectivity index (χ0n) is 10.3. The first-order valence-electron chi connectivity index (χ1n) is 6.25. The van der Waals surface area contributed by atoms with Crippen molar-refractivity contribution in [3.63, 3.8) is 0 Å². The maximum absolute atomic E-state index is 11.9. The van der Waals surface area contributed by atoms with E-state index in [1.807, 2.05) is 30.3 Å². The molecule has 0 radical (unpaired) electrons. The van der Waals surface area contributed by atoms with Crippen molar-refractivity contribution in [2.24, 2.45) is 5.92 Å². The third-order valence-corrected chi connectivity index (χ3v) is 4.45. The van der Waals surface area contributed by atoms with Crippen molar-refractivity contribution in [3.05, 3.63) is 35.9 Å². The van der Waals surface area contributed by atoms with E-state index in [9.17, 15) is 8.42 Å². The number of hydrogen-bond acceptors (Lipinski definition) is 3. The molecule has 0 atom stereocenters. The first-order chi connectivity index (χ1) is 8.66. The molecule has 1 aliphatic rings. The molecule has 1 N–H and O–H groups in total. The van der Waals surface area contributed by atoms with Crippen molar-refractivity contribution in [2.45, 2.75) is 18.6 Å². The van der Waals surface area contributed by atoms with Crippen molar-refractivity contribution >= 4 is 10.0 Å². The Bertz CT molecular complexity index is 452. The van der Waals surface area contributed by atoms with Crippen LogP contribution in [0.2, 0.25) is 0 Å². The molecule has 1 aliphatic heterocycles. The van der Waals surface area contributed by atoms with Gasteiger partial charge < -0.3 is 4.74 Å². The molecule has 1 saturated heterocycles. The highest BCUT2D eigenvalue weighted by Crippen LogP contribution is 2.14. The summed E-state index contributed by atoms with van der Waals surface area (Å²) in [6.07, 6.45) is 1.88. The summed E-state index contributed by atoms with van der Waals surface area (Å²) in [4.78, 5) is 0. The molecule has 1 aromatic rings. The Balaban J connectivity index is 1.83. The van der Waals surface area contributed by atoms with Gasteiger partial charge in [0, 0.05) is 19.8 Å². The Labute approximate surface area is 108 Å². The van der Waals surface area contributed by atoms with E-state index in [0.717, 1.165) is 31.6 Å². The summed E-state index contributed by atoms with van der Waals surface area (Å²) >= 11 is 0. The second-order valence-corrected chi connectivity index (χ2v) is 6.46. The van der Waals surface area contributed by atoms with Crippen LogP contribution in [0.1, 0.15) is 18.4 Å². The maximum atomic E-state index is 11.9. The van der Waals surface area contributed by atoms with E-state index in [1.165, 1.54) is 0 Å². The van der Waals surface area contributed by atoms with Crippen LogP contribution in [0.5, 0.6) is 0 Å². The van der Waals surface area contributed by atoms with Crippen molar-refractivity contribution in [3.8, 4) is 0 Å². The van der Waals surface area contributed by atoms with Crippen LogP contribution in [0.25, 0.3) is 0 Å². The average molecular weight is 269 g/mol. The van der Waals surface area contributed by atoms with E-state index in [-0.39, 0.29) is 5.75 Å². The predicted molar refractivity (Wildman–Crippen MR) is 70.6 cm³/mol. The lowest BCUT2D eigenvalue weighted by Gasteiger charge is -2.22. The quantitative estimate of drug-likeness (QED) is 0.882. The van der Waals surface area contributed by atoms with Crippen LogP contribution in [0, 0.1) is 5.92 Å². The van der Waals surface area contributed by atoms with Crippen LogP contribution in [0.4, 0.5) is 0 Å². The molecule has 1 heterocycles. The monoisotopic (exact) mass is 269 g/mol. The second kappa shape index (κ2) is 6.31.